The lowest BCUT2D eigenvalue weighted by Crippen LogP contribution is -2.27. The predicted octanol–water partition coefficient (Wildman–Crippen LogP) is 4.76. The molecule has 3 aromatic rings. The summed E-state index contributed by atoms with van der Waals surface area (Å²) in [4.78, 5) is 13.4. The molecule has 1 aliphatic heterocycles. The highest BCUT2D eigenvalue weighted by Gasteiger charge is 2.36. The standard InChI is InChI=1S/C22H20N2O3S/c1-26-20-9-5-3-7-16(20)19-13-18(15-11-12-28-14-15)23-24(19)22(25)17-8-4-6-10-21(17)27-2/h3-12,14,19H,13H2,1-2H3/t19-/m1/s1. The number of amides is 1. The lowest BCUT2D eigenvalue weighted by atomic mass is 9.98. The topological polar surface area (TPSA) is 51.1 Å². The number of benzene rings is 2. The van der Waals surface area contributed by atoms with Crippen LogP contribution >= 0.6 is 11.3 Å². The first-order chi connectivity index (χ1) is 13.7. The number of thiophene rings is 1. The molecule has 0 bridgehead atoms. The molecule has 1 aromatic heterocycles. The Balaban J connectivity index is 1.78. The number of hydrogen-bond donors (Lipinski definition) is 0. The Morgan fingerprint density at radius 2 is 1.75 bits per heavy atom. The number of nitrogens with zero attached hydrogens (tertiary/aromatic N) is 2. The van der Waals surface area contributed by atoms with E-state index in [2.05, 4.69) is 5.38 Å². The van der Waals surface area contributed by atoms with Crippen molar-refractivity contribution in [3.8, 4) is 11.5 Å². The van der Waals surface area contributed by atoms with Crippen molar-refractivity contribution in [3.05, 3.63) is 82.0 Å². The van der Waals surface area contributed by atoms with Gasteiger partial charge >= 0.3 is 0 Å². The molecule has 0 fully saturated rings. The Labute approximate surface area is 167 Å². The van der Waals surface area contributed by atoms with Crippen LogP contribution in [0.5, 0.6) is 11.5 Å². The van der Waals surface area contributed by atoms with Gasteiger partial charge in [0.05, 0.1) is 31.5 Å². The molecule has 0 aliphatic carbocycles. The average Bonchev–Trinajstić information content (AvgIpc) is 3.43. The molecule has 5 nitrogen and oxygen atoms in total. The first-order valence-corrected chi connectivity index (χ1v) is 9.86. The van der Waals surface area contributed by atoms with Gasteiger partial charge in [0.2, 0.25) is 0 Å². The van der Waals surface area contributed by atoms with Crippen LogP contribution in [-0.2, 0) is 0 Å². The summed E-state index contributed by atoms with van der Waals surface area (Å²) in [6, 6.07) is 16.8. The third-order valence-corrected chi connectivity index (χ3v) is 5.49. The second-order valence-electron chi connectivity index (χ2n) is 6.37. The van der Waals surface area contributed by atoms with E-state index in [0.717, 1.165) is 22.6 Å². The number of methoxy groups -OCH3 is 2. The highest BCUT2D eigenvalue weighted by molar-refractivity contribution is 7.08. The van der Waals surface area contributed by atoms with Crippen molar-refractivity contribution < 1.29 is 14.3 Å². The molecule has 1 amide bonds. The summed E-state index contributed by atoms with van der Waals surface area (Å²) in [5, 5.41) is 10.3. The van der Waals surface area contributed by atoms with Gasteiger partial charge in [0.15, 0.2) is 0 Å². The van der Waals surface area contributed by atoms with Crippen LogP contribution in [0.2, 0.25) is 0 Å². The van der Waals surface area contributed by atoms with Crippen molar-refractivity contribution in [2.45, 2.75) is 12.5 Å². The van der Waals surface area contributed by atoms with Gasteiger partial charge in [-0.15, -0.1) is 0 Å². The zero-order valence-electron chi connectivity index (χ0n) is 15.7. The van der Waals surface area contributed by atoms with Crippen molar-refractivity contribution in [1.29, 1.82) is 0 Å². The van der Waals surface area contributed by atoms with E-state index >= 15 is 0 Å². The number of carbonyl (C=O) groups is 1. The van der Waals surface area contributed by atoms with Crippen molar-refractivity contribution in [3.63, 3.8) is 0 Å². The second kappa shape index (κ2) is 7.86. The smallest absolute Gasteiger partial charge is 0.278 e. The normalized spacial score (nSPS) is 16.0. The molecular formula is C22H20N2O3S. The van der Waals surface area contributed by atoms with Crippen molar-refractivity contribution in [1.82, 2.24) is 5.01 Å². The highest BCUT2D eigenvalue weighted by atomic mass is 32.1. The summed E-state index contributed by atoms with van der Waals surface area (Å²) in [5.41, 5.74) is 3.35. The lowest BCUT2D eigenvalue weighted by molar-refractivity contribution is 0.0706. The van der Waals surface area contributed by atoms with Crippen LogP contribution in [0.15, 0.2) is 70.5 Å². The summed E-state index contributed by atoms with van der Waals surface area (Å²) in [7, 11) is 3.20. The highest BCUT2D eigenvalue weighted by Crippen LogP contribution is 2.39. The first kappa shape index (κ1) is 18.3. The van der Waals surface area contributed by atoms with Crippen molar-refractivity contribution in [2.75, 3.05) is 14.2 Å². The van der Waals surface area contributed by atoms with Gasteiger partial charge in [0, 0.05) is 17.5 Å². The van der Waals surface area contributed by atoms with Gasteiger partial charge in [0.1, 0.15) is 11.5 Å². The van der Waals surface area contributed by atoms with Crippen LogP contribution in [0.25, 0.3) is 0 Å². The number of rotatable bonds is 5. The molecular weight excluding hydrogens is 372 g/mol. The molecule has 0 saturated heterocycles. The molecule has 0 N–H and O–H groups in total. The number of hydrazone groups is 1. The second-order valence-corrected chi connectivity index (χ2v) is 7.15. The molecule has 2 aromatic carbocycles. The van der Waals surface area contributed by atoms with Gasteiger partial charge in [0.25, 0.3) is 5.91 Å². The van der Waals surface area contributed by atoms with Gasteiger partial charge in [-0.25, -0.2) is 5.01 Å². The number of hydrogen-bond acceptors (Lipinski definition) is 5. The molecule has 28 heavy (non-hydrogen) atoms. The van der Waals surface area contributed by atoms with Gasteiger partial charge in [-0.3, -0.25) is 4.79 Å². The van der Waals surface area contributed by atoms with Crippen LogP contribution in [0.1, 0.15) is 33.9 Å². The monoisotopic (exact) mass is 392 g/mol. The van der Waals surface area contributed by atoms with E-state index in [-0.39, 0.29) is 11.9 Å². The lowest BCUT2D eigenvalue weighted by Gasteiger charge is -2.24. The maximum absolute atomic E-state index is 13.4. The van der Waals surface area contributed by atoms with Gasteiger partial charge < -0.3 is 9.47 Å². The summed E-state index contributed by atoms with van der Waals surface area (Å²) in [6.07, 6.45) is 0.623. The Bertz CT molecular complexity index is 1010. The molecule has 142 valence electrons. The minimum absolute atomic E-state index is 0.196. The third-order valence-electron chi connectivity index (χ3n) is 4.81. The average molecular weight is 392 g/mol. The van der Waals surface area contributed by atoms with Crippen LogP contribution in [0.4, 0.5) is 0 Å². The largest absolute Gasteiger partial charge is 0.496 e. The molecule has 4 rings (SSSR count). The number of carbonyl (C=O) groups excluding carboxylic acids is 1. The molecule has 2 heterocycles. The third kappa shape index (κ3) is 3.27. The maximum Gasteiger partial charge on any atom is 0.278 e. The molecule has 0 saturated carbocycles. The quantitative estimate of drug-likeness (QED) is 0.629. The minimum Gasteiger partial charge on any atom is -0.496 e. The van der Waals surface area contributed by atoms with Gasteiger partial charge in [-0.05, 0) is 35.0 Å². The molecule has 1 atom stereocenters. The Morgan fingerprint density at radius 1 is 1.04 bits per heavy atom. The molecule has 0 radical (unpaired) electrons. The summed E-state index contributed by atoms with van der Waals surface area (Å²) in [6.45, 7) is 0. The zero-order chi connectivity index (χ0) is 19.5. The molecule has 0 spiro atoms. The van der Waals surface area contributed by atoms with E-state index in [1.54, 1.807) is 42.7 Å². The Kier molecular flexibility index (Phi) is 5.12. The number of para-hydroxylation sites is 2. The van der Waals surface area contributed by atoms with E-state index in [9.17, 15) is 4.79 Å². The fourth-order valence-corrected chi connectivity index (χ4v) is 4.09. The fraction of sp³-hybridized carbons (Fsp3) is 0.182. The first-order valence-electron chi connectivity index (χ1n) is 8.92. The van der Waals surface area contributed by atoms with E-state index in [0.29, 0.717) is 17.7 Å². The zero-order valence-corrected chi connectivity index (χ0v) is 16.5. The van der Waals surface area contributed by atoms with Crippen molar-refractivity contribution in [2.24, 2.45) is 5.10 Å². The summed E-state index contributed by atoms with van der Waals surface area (Å²) < 4.78 is 10.9. The van der Waals surface area contributed by atoms with Crippen LogP contribution in [0, 0.1) is 0 Å². The Hall–Kier alpha value is -3.12. The van der Waals surface area contributed by atoms with Crippen LogP contribution in [-0.4, -0.2) is 30.8 Å². The summed E-state index contributed by atoms with van der Waals surface area (Å²) >= 11 is 1.61. The predicted molar refractivity (Wildman–Crippen MR) is 110 cm³/mol. The van der Waals surface area contributed by atoms with E-state index < -0.39 is 0 Å². The van der Waals surface area contributed by atoms with Gasteiger partial charge in [-0.1, -0.05) is 30.3 Å². The molecule has 1 aliphatic rings. The van der Waals surface area contributed by atoms with Crippen LogP contribution < -0.4 is 9.47 Å². The van der Waals surface area contributed by atoms with Gasteiger partial charge in [-0.2, -0.15) is 16.4 Å². The summed E-state index contributed by atoms with van der Waals surface area (Å²) in [5.74, 6) is 1.08. The maximum atomic E-state index is 13.4. The Morgan fingerprint density at radius 3 is 2.46 bits per heavy atom. The SMILES string of the molecule is COc1ccccc1C(=O)N1N=C(c2ccsc2)C[C@@H]1c1ccccc1OC. The number of ether oxygens (including phenoxy) is 2. The fourth-order valence-electron chi connectivity index (χ4n) is 3.43. The minimum atomic E-state index is -0.247. The van der Waals surface area contributed by atoms with E-state index in [4.69, 9.17) is 14.6 Å². The van der Waals surface area contributed by atoms with Crippen molar-refractivity contribution >= 4 is 23.0 Å². The van der Waals surface area contributed by atoms with Crippen LogP contribution in [0.3, 0.4) is 0 Å². The van der Waals surface area contributed by atoms with E-state index in [1.165, 1.54) is 0 Å². The molecule has 0 unspecified atom stereocenters. The van der Waals surface area contributed by atoms with E-state index in [1.807, 2.05) is 47.8 Å². The molecule has 6 heteroatoms.